The topological polar surface area (TPSA) is 151 Å². The third-order valence-electron chi connectivity index (χ3n) is 3.39. The zero-order chi connectivity index (χ0) is 20.6. The van der Waals surface area contributed by atoms with Crippen molar-refractivity contribution in [2.75, 3.05) is 26.4 Å². The zero-order valence-corrected chi connectivity index (χ0v) is 16.2. The molecule has 0 aliphatic carbocycles. The second-order valence-corrected chi connectivity index (χ2v) is 7.58. The van der Waals surface area contributed by atoms with E-state index in [1.807, 2.05) is 12.1 Å². The van der Waals surface area contributed by atoms with Crippen LogP contribution in [0.15, 0.2) is 36.4 Å². The van der Waals surface area contributed by atoms with Gasteiger partial charge in [-0.2, -0.15) is 0 Å². The van der Waals surface area contributed by atoms with E-state index in [-0.39, 0.29) is 39.3 Å². The molecule has 0 aliphatic rings. The van der Waals surface area contributed by atoms with Crippen molar-refractivity contribution < 1.29 is 43.8 Å². The Balaban J connectivity index is 1.94. The third-order valence-corrected chi connectivity index (χ3v) is 4.30. The van der Waals surface area contributed by atoms with E-state index >= 15 is 0 Å². The maximum absolute atomic E-state index is 10.4. The molecule has 12 heteroatoms. The molecule has 0 atom stereocenters. The molecular formula is C16H18O10S2-2. The molecule has 0 radical (unpaired) electrons. The van der Waals surface area contributed by atoms with Gasteiger partial charge in [0.2, 0.25) is 20.8 Å². The Kier molecular flexibility index (Phi) is 7.98. The molecule has 0 fully saturated rings. The third kappa shape index (κ3) is 7.96. The summed E-state index contributed by atoms with van der Waals surface area (Å²) in [5.41, 5.74) is 0. The lowest BCUT2D eigenvalue weighted by Crippen LogP contribution is -2.09. The van der Waals surface area contributed by atoms with Crippen LogP contribution in [0.1, 0.15) is 12.8 Å². The van der Waals surface area contributed by atoms with Crippen molar-refractivity contribution in [3.63, 3.8) is 0 Å². The largest absolute Gasteiger partial charge is 0.726 e. The first-order chi connectivity index (χ1) is 13.2. The maximum Gasteiger partial charge on any atom is 0.217 e. The molecule has 2 aromatic carbocycles. The zero-order valence-electron chi connectivity index (χ0n) is 14.6. The van der Waals surface area contributed by atoms with Crippen LogP contribution in [-0.2, 0) is 29.2 Å². The van der Waals surface area contributed by atoms with E-state index in [1.165, 1.54) is 0 Å². The molecule has 0 heterocycles. The van der Waals surface area contributed by atoms with Crippen LogP contribution in [0.4, 0.5) is 0 Å². The lowest BCUT2D eigenvalue weighted by atomic mass is 10.1. The molecule has 0 spiro atoms. The summed E-state index contributed by atoms with van der Waals surface area (Å²) < 4.78 is 81.7. The van der Waals surface area contributed by atoms with E-state index in [0.29, 0.717) is 11.5 Å². The fourth-order valence-corrected chi connectivity index (χ4v) is 2.95. The molecule has 0 saturated carbocycles. The highest BCUT2D eigenvalue weighted by atomic mass is 32.3. The SMILES string of the molecule is O=S(=O)([O-])OCCCOc1cccc2c(OCCCOS(=O)(=O)[O-])cccc12. The highest BCUT2D eigenvalue weighted by Crippen LogP contribution is 2.32. The minimum atomic E-state index is -4.71. The predicted molar refractivity (Wildman–Crippen MR) is 95.5 cm³/mol. The van der Waals surface area contributed by atoms with Crippen LogP contribution < -0.4 is 9.47 Å². The normalized spacial score (nSPS) is 12.2. The summed E-state index contributed by atoms with van der Waals surface area (Å²) in [5, 5.41) is 1.49. The van der Waals surface area contributed by atoms with Gasteiger partial charge in [-0.1, -0.05) is 24.3 Å². The van der Waals surface area contributed by atoms with E-state index in [4.69, 9.17) is 9.47 Å². The van der Waals surface area contributed by atoms with Gasteiger partial charge < -0.3 is 18.6 Å². The monoisotopic (exact) mass is 434 g/mol. The summed E-state index contributed by atoms with van der Waals surface area (Å²) in [4.78, 5) is 0. The van der Waals surface area contributed by atoms with Crippen molar-refractivity contribution in [1.82, 2.24) is 0 Å². The Morgan fingerprint density at radius 3 is 1.39 bits per heavy atom. The molecule has 0 aromatic heterocycles. The van der Waals surface area contributed by atoms with Crippen molar-refractivity contribution in [3.8, 4) is 11.5 Å². The van der Waals surface area contributed by atoms with Crippen molar-refractivity contribution in [1.29, 1.82) is 0 Å². The van der Waals surface area contributed by atoms with Gasteiger partial charge in [-0.3, -0.25) is 8.37 Å². The second kappa shape index (κ2) is 10.0. The number of hydrogen-bond donors (Lipinski definition) is 0. The standard InChI is InChI=1S/C16H20O10S2/c17-27(18,19)25-11-3-9-23-15-7-1-5-13-14(15)6-2-8-16(13)24-10-4-12-26-28(20,21)22/h1-2,5-8H,3-4,9-12H2,(H,17,18,19)(H,20,21,22)/p-2. The summed E-state index contributed by atoms with van der Waals surface area (Å²) >= 11 is 0. The van der Waals surface area contributed by atoms with Crippen molar-refractivity contribution in [2.24, 2.45) is 0 Å². The van der Waals surface area contributed by atoms with Crippen LogP contribution in [-0.4, -0.2) is 52.4 Å². The van der Waals surface area contributed by atoms with E-state index in [9.17, 15) is 25.9 Å². The molecule has 2 rings (SSSR count). The van der Waals surface area contributed by atoms with Crippen LogP contribution in [0.5, 0.6) is 11.5 Å². The van der Waals surface area contributed by atoms with Crippen LogP contribution in [0, 0.1) is 0 Å². The van der Waals surface area contributed by atoms with Crippen LogP contribution in [0.3, 0.4) is 0 Å². The summed E-state index contributed by atoms with van der Waals surface area (Å²) in [7, 11) is -9.43. The average Bonchev–Trinajstić information content (AvgIpc) is 2.59. The van der Waals surface area contributed by atoms with Gasteiger partial charge >= 0.3 is 0 Å². The fraction of sp³-hybridized carbons (Fsp3) is 0.375. The fourth-order valence-electron chi connectivity index (χ4n) is 2.31. The second-order valence-electron chi connectivity index (χ2n) is 5.47. The number of ether oxygens (including phenoxy) is 2. The minimum Gasteiger partial charge on any atom is -0.726 e. The molecule has 0 saturated heterocycles. The van der Waals surface area contributed by atoms with Gasteiger partial charge in [0.1, 0.15) is 11.5 Å². The Labute approximate surface area is 162 Å². The van der Waals surface area contributed by atoms with E-state index in [0.717, 1.165) is 10.8 Å². The van der Waals surface area contributed by atoms with Gasteiger partial charge in [0.15, 0.2) is 0 Å². The van der Waals surface area contributed by atoms with E-state index in [2.05, 4.69) is 8.37 Å². The smallest absolute Gasteiger partial charge is 0.217 e. The Morgan fingerprint density at radius 1 is 0.643 bits per heavy atom. The lowest BCUT2D eigenvalue weighted by Gasteiger charge is -2.13. The molecule has 0 bridgehead atoms. The van der Waals surface area contributed by atoms with Crippen molar-refractivity contribution in [2.45, 2.75) is 12.8 Å². The Morgan fingerprint density at radius 2 is 1.04 bits per heavy atom. The van der Waals surface area contributed by atoms with Gasteiger partial charge in [-0.05, 0) is 12.1 Å². The first kappa shape index (κ1) is 22.3. The summed E-state index contributed by atoms with van der Waals surface area (Å²) in [6, 6.07) is 10.6. The molecule has 0 amide bonds. The molecular weight excluding hydrogens is 416 g/mol. The molecule has 2 aromatic rings. The van der Waals surface area contributed by atoms with Gasteiger partial charge in [0.25, 0.3) is 0 Å². The lowest BCUT2D eigenvalue weighted by molar-refractivity contribution is 0.224. The highest BCUT2D eigenvalue weighted by Gasteiger charge is 2.07. The first-order valence-electron chi connectivity index (χ1n) is 8.13. The molecule has 28 heavy (non-hydrogen) atoms. The van der Waals surface area contributed by atoms with Crippen molar-refractivity contribution >= 4 is 31.6 Å². The van der Waals surface area contributed by atoms with Crippen LogP contribution in [0.25, 0.3) is 10.8 Å². The number of fused-ring (bicyclic) bond motifs is 1. The number of hydrogen-bond acceptors (Lipinski definition) is 10. The molecule has 0 N–H and O–H groups in total. The minimum absolute atomic E-state index is 0.140. The molecule has 0 unspecified atom stereocenters. The molecule has 10 nitrogen and oxygen atoms in total. The van der Waals surface area contributed by atoms with Gasteiger partial charge in [-0.25, -0.2) is 16.8 Å². The number of rotatable bonds is 12. The van der Waals surface area contributed by atoms with E-state index in [1.54, 1.807) is 24.3 Å². The van der Waals surface area contributed by atoms with Gasteiger partial charge in [0, 0.05) is 23.6 Å². The Hall–Kier alpha value is -1.96. The summed E-state index contributed by atoms with van der Waals surface area (Å²) in [5.74, 6) is 1.07. The van der Waals surface area contributed by atoms with Gasteiger partial charge in [0.05, 0.1) is 26.4 Å². The summed E-state index contributed by atoms with van der Waals surface area (Å²) in [6.45, 7) is -0.264. The van der Waals surface area contributed by atoms with Crippen LogP contribution >= 0.6 is 0 Å². The molecule has 156 valence electrons. The van der Waals surface area contributed by atoms with E-state index < -0.39 is 20.8 Å². The predicted octanol–water partition coefficient (Wildman–Crippen LogP) is 1.33. The Bertz CT molecular complexity index is 904. The number of benzene rings is 2. The first-order valence-corrected chi connectivity index (χ1v) is 10.8. The maximum atomic E-state index is 10.4. The van der Waals surface area contributed by atoms with Crippen LogP contribution in [0.2, 0.25) is 0 Å². The highest BCUT2D eigenvalue weighted by molar-refractivity contribution is 7.81. The summed E-state index contributed by atoms with van der Waals surface area (Å²) in [6.07, 6.45) is 0.410. The van der Waals surface area contributed by atoms with Crippen molar-refractivity contribution in [3.05, 3.63) is 36.4 Å². The van der Waals surface area contributed by atoms with Gasteiger partial charge in [-0.15, -0.1) is 0 Å². The quantitative estimate of drug-likeness (QED) is 0.272. The molecule has 0 aliphatic heterocycles. The average molecular weight is 434 g/mol.